The average Bonchev–Trinajstić information content (AvgIpc) is 2.40. The molecule has 3 N–H and O–H groups in total. The molecule has 1 rings (SSSR count). The fourth-order valence-electron chi connectivity index (χ4n) is 1.98. The van der Waals surface area contributed by atoms with E-state index in [2.05, 4.69) is 29.8 Å². The minimum Gasteiger partial charge on any atom is -0.338 e. The minimum atomic E-state index is -0.458. The Morgan fingerprint density at radius 3 is 2.35 bits per heavy atom. The summed E-state index contributed by atoms with van der Waals surface area (Å²) in [5, 5.41) is 7.99. The summed E-state index contributed by atoms with van der Waals surface area (Å²) in [6, 6.07) is 9.58. The van der Waals surface area contributed by atoms with Crippen molar-refractivity contribution in [2.45, 2.75) is 26.8 Å². The molecule has 0 aliphatic heterocycles. The van der Waals surface area contributed by atoms with Gasteiger partial charge in [0, 0.05) is 12.6 Å². The zero-order valence-corrected chi connectivity index (χ0v) is 12.3. The highest BCUT2D eigenvalue weighted by atomic mass is 16.2. The lowest BCUT2D eigenvalue weighted by molar-refractivity contribution is -0.119. The summed E-state index contributed by atoms with van der Waals surface area (Å²) in [5.74, 6) is 0.00667. The summed E-state index contributed by atoms with van der Waals surface area (Å²) < 4.78 is 0. The number of hydrogen-bond acceptors (Lipinski definition) is 3. The lowest BCUT2D eigenvalue weighted by Gasteiger charge is -2.22. The van der Waals surface area contributed by atoms with Crippen molar-refractivity contribution >= 4 is 11.9 Å². The smallest absolute Gasteiger partial charge is 0.321 e. The van der Waals surface area contributed by atoms with Crippen molar-refractivity contribution in [2.24, 2.45) is 5.92 Å². The Labute approximate surface area is 120 Å². The van der Waals surface area contributed by atoms with Crippen LogP contribution >= 0.6 is 0 Å². The summed E-state index contributed by atoms with van der Waals surface area (Å²) in [4.78, 5) is 22.9. The van der Waals surface area contributed by atoms with E-state index in [1.807, 2.05) is 30.3 Å². The Morgan fingerprint density at radius 1 is 1.15 bits per heavy atom. The molecule has 0 unspecified atom stereocenters. The fraction of sp³-hybridized carbons (Fsp3) is 0.467. The molecule has 0 fully saturated rings. The predicted molar refractivity (Wildman–Crippen MR) is 79.2 cm³/mol. The van der Waals surface area contributed by atoms with Gasteiger partial charge in [-0.15, -0.1) is 0 Å². The number of carbonyl (C=O) groups excluding carboxylic acids is 2. The van der Waals surface area contributed by atoms with Crippen LogP contribution in [0.15, 0.2) is 30.3 Å². The van der Waals surface area contributed by atoms with Gasteiger partial charge in [-0.05, 0) is 18.4 Å². The van der Waals surface area contributed by atoms with Gasteiger partial charge in [0.1, 0.15) is 0 Å². The van der Waals surface area contributed by atoms with Crippen LogP contribution in [0.25, 0.3) is 0 Å². The van der Waals surface area contributed by atoms with Crippen molar-refractivity contribution in [1.29, 1.82) is 0 Å². The molecule has 0 aromatic heterocycles. The van der Waals surface area contributed by atoms with Crippen LogP contribution in [0.3, 0.4) is 0 Å². The highest BCUT2D eigenvalue weighted by Gasteiger charge is 2.16. The van der Waals surface area contributed by atoms with Crippen LogP contribution in [-0.2, 0) is 4.79 Å². The van der Waals surface area contributed by atoms with E-state index >= 15 is 0 Å². The zero-order chi connectivity index (χ0) is 15.0. The summed E-state index contributed by atoms with van der Waals surface area (Å²) in [5.41, 5.74) is 1.13. The third-order valence-electron chi connectivity index (χ3n) is 2.90. The monoisotopic (exact) mass is 277 g/mol. The Morgan fingerprint density at radius 2 is 1.80 bits per heavy atom. The second-order valence-electron chi connectivity index (χ2n) is 4.92. The maximum Gasteiger partial charge on any atom is 0.321 e. The first-order valence-corrected chi connectivity index (χ1v) is 6.90. The highest BCUT2D eigenvalue weighted by molar-refractivity contribution is 5.95. The van der Waals surface area contributed by atoms with E-state index in [1.54, 1.807) is 6.92 Å². The van der Waals surface area contributed by atoms with Crippen LogP contribution in [0.5, 0.6) is 0 Å². The van der Waals surface area contributed by atoms with Gasteiger partial charge in [-0.1, -0.05) is 44.2 Å². The number of nitrogens with one attached hydrogen (secondary N) is 3. The van der Waals surface area contributed by atoms with Crippen molar-refractivity contribution in [3.63, 3.8) is 0 Å². The summed E-state index contributed by atoms with van der Waals surface area (Å²) in [7, 11) is 0. The molecular weight excluding hydrogens is 254 g/mol. The number of urea groups is 1. The fourth-order valence-corrected chi connectivity index (χ4v) is 1.98. The van der Waals surface area contributed by atoms with Crippen molar-refractivity contribution in [1.82, 2.24) is 16.0 Å². The third-order valence-corrected chi connectivity index (χ3v) is 2.90. The second-order valence-corrected chi connectivity index (χ2v) is 4.92. The van der Waals surface area contributed by atoms with Gasteiger partial charge in [0.15, 0.2) is 0 Å². The molecule has 5 heteroatoms. The highest BCUT2D eigenvalue weighted by Crippen LogP contribution is 2.20. The normalized spacial score (nSPS) is 12.0. The molecule has 5 nitrogen and oxygen atoms in total. The first kappa shape index (κ1) is 16.2. The van der Waals surface area contributed by atoms with Gasteiger partial charge >= 0.3 is 6.03 Å². The Balaban J connectivity index is 2.52. The average molecular weight is 277 g/mol. The van der Waals surface area contributed by atoms with E-state index in [0.29, 0.717) is 12.5 Å². The van der Waals surface area contributed by atoms with Gasteiger partial charge in [-0.2, -0.15) is 0 Å². The van der Waals surface area contributed by atoms with Crippen LogP contribution < -0.4 is 16.0 Å². The number of benzene rings is 1. The van der Waals surface area contributed by atoms with Crippen LogP contribution in [0.2, 0.25) is 0 Å². The summed E-state index contributed by atoms with van der Waals surface area (Å²) in [6.45, 7) is 6.57. The SMILES string of the molecule is CCNC(=O)NC(=O)CN[C@H](c1ccccc1)C(C)C. The van der Waals surface area contributed by atoms with Gasteiger partial charge in [0.2, 0.25) is 5.91 Å². The van der Waals surface area contributed by atoms with Crippen molar-refractivity contribution < 1.29 is 9.59 Å². The molecule has 1 aromatic rings. The minimum absolute atomic E-state index is 0.0798. The molecule has 1 aromatic carbocycles. The van der Waals surface area contributed by atoms with Crippen molar-refractivity contribution in [3.05, 3.63) is 35.9 Å². The number of carbonyl (C=O) groups is 2. The zero-order valence-electron chi connectivity index (χ0n) is 12.3. The maximum absolute atomic E-state index is 11.7. The van der Waals surface area contributed by atoms with Gasteiger partial charge in [0.05, 0.1) is 6.54 Å². The topological polar surface area (TPSA) is 70.2 Å². The van der Waals surface area contributed by atoms with Crippen molar-refractivity contribution in [3.8, 4) is 0 Å². The summed E-state index contributed by atoms with van der Waals surface area (Å²) >= 11 is 0. The van der Waals surface area contributed by atoms with Gasteiger partial charge in [0.25, 0.3) is 0 Å². The molecular formula is C15H23N3O2. The molecule has 3 amide bonds. The second kappa shape index (κ2) is 8.32. The Hall–Kier alpha value is -1.88. The molecule has 0 radical (unpaired) electrons. The maximum atomic E-state index is 11.7. The first-order valence-electron chi connectivity index (χ1n) is 6.90. The summed E-state index contributed by atoms with van der Waals surface area (Å²) in [6.07, 6.45) is 0. The van der Waals surface area contributed by atoms with E-state index in [0.717, 1.165) is 5.56 Å². The van der Waals surface area contributed by atoms with E-state index in [9.17, 15) is 9.59 Å². The lowest BCUT2D eigenvalue weighted by Crippen LogP contribution is -2.44. The van der Waals surface area contributed by atoms with Crippen LogP contribution in [-0.4, -0.2) is 25.0 Å². The molecule has 0 saturated carbocycles. The molecule has 110 valence electrons. The van der Waals surface area contributed by atoms with E-state index in [4.69, 9.17) is 0 Å². The molecule has 1 atom stereocenters. The number of rotatable bonds is 6. The Bertz CT molecular complexity index is 432. The molecule has 0 saturated heterocycles. The quantitative estimate of drug-likeness (QED) is 0.743. The lowest BCUT2D eigenvalue weighted by atomic mass is 9.96. The van der Waals surface area contributed by atoms with Crippen LogP contribution in [0, 0.1) is 5.92 Å². The third kappa shape index (κ3) is 5.40. The van der Waals surface area contributed by atoms with Crippen LogP contribution in [0.1, 0.15) is 32.4 Å². The van der Waals surface area contributed by atoms with Gasteiger partial charge < -0.3 is 10.6 Å². The number of hydrogen-bond donors (Lipinski definition) is 3. The molecule has 0 spiro atoms. The van der Waals surface area contributed by atoms with Crippen LogP contribution in [0.4, 0.5) is 4.79 Å². The predicted octanol–water partition coefficient (Wildman–Crippen LogP) is 1.82. The molecule has 0 aliphatic carbocycles. The first-order chi connectivity index (χ1) is 9.54. The number of amides is 3. The van der Waals surface area contributed by atoms with E-state index in [1.165, 1.54) is 0 Å². The van der Waals surface area contributed by atoms with Gasteiger partial charge in [-0.3, -0.25) is 10.1 Å². The van der Waals surface area contributed by atoms with E-state index < -0.39 is 6.03 Å². The largest absolute Gasteiger partial charge is 0.338 e. The van der Waals surface area contributed by atoms with Gasteiger partial charge in [-0.25, -0.2) is 4.79 Å². The molecule has 0 aliphatic rings. The standard InChI is InChI=1S/C15H23N3O2/c1-4-16-15(20)18-13(19)10-17-14(11(2)3)12-8-6-5-7-9-12/h5-9,11,14,17H,4,10H2,1-3H3,(H2,16,18,19,20)/t14-/m0/s1. The molecule has 0 bridgehead atoms. The van der Waals surface area contributed by atoms with Crippen molar-refractivity contribution in [2.75, 3.05) is 13.1 Å². The molecule has 20 heavy (non-hydrogen) atoms. The number of imide groups is 1. The van der Waals surface area contributed by atoms with E-state index in [-0.39, 0.29) is 18.5 Å². The Kier molecular flexibility index (Phi) is 6.73. The molecule has 0 heterocycles.